The molecule has 0 atom stereocenters. The highest BCUT2D eigenvalue weighted by Gasteiger charge is 2.07. The quantitative estimate of drug-likeness (QED) is 0.710. The molecule has 3 heteroatoms. The Labute approximate surface area is 108 Å². The monoisotopic (exact) mass is 286 g/mol. The number of nitrogens with one attached hydrogen (secondary N) is 1. The van der Waals surface area contributed by atoms with Gasteiger partial charge in [0.2, 0.25) is 0 Å². The zero-order valence-corrected chi connectivity index (χ0v) is 11.0. The van der Waals surface area contributed by atoms with Crippen molar-refractivity contribution in [3.8, 4) is 11.4 Å². The summed E-state index contributed by atoms with van der Waals surface area (Å²) in [4.78, 5) is 7.95. The molecule has 0 saturated carbocycles. The molecule has 1 heterocycles. The van der Waals surface area contributed by atoms with E-state index >= 15 is 0 Å². The van der Waals surface area contributed by atoms with Crippen molar-refractivity contribution in [2.45, 2.75) is 6.92 Å². The maximum absolute atomic E-state index is 4.60. The lowest BCUT2D eigenvalue weighted by Gasteiger charge is -2.02. The van der Waals surface area contributed by atoms with E-state index < -0.39 is 0 Å². The molecule has 84 valence electrons. The number of imidazole rings is 1. The summed E-state index contributed by atoms with van der Waals surface area (Å²) in [6.07, 6.45) is 0. The normalized spacial score (nSPS) is 10.9. The summed E-state index contributed by atoms with van der Waals surface area (Å²) in [5, 5.41) is 0. The Morgan fingerprint density at radius 3 is 2.71 bits per heavy atom. The average molecular weight is 287 g/mol. The summed E-state index contributed by atoms with van der Waals surface area (Å²) < 4.78 is 1.09. The van der Waals surface area contributed by atoms with Gasteiger partial charge in [-0.25, -0.2) is 4.98 Å². The fraction of sp³-hybridized carbons (Fsp3) is 0.0714. The van der Waals surface area contributed by atoms with E-state index in [0.29, 0.717) is 0 Å². The summed E-state index contributed by atoms with van der Waals surface area (Å²) in [6, 6.07) is 14.3. The second-order valence-corrected chi connectivity index (χ2v) is 4.98. The Kier molecular flexibility index (Phi) is 2.48. The van der Waals surface area contributed by atoms with E-state index in [9.17, 15) is 0 Å². The van der Waals surface area contributed by atoms with Crippen LogP contribution in [0.4, 0.5) is 0 Å². The van der Waals surface area contributed by atoms with Crippen LogP contribution >= 0.6 is 15.9 Å². The molecule has 0 aliphatic rings. The highest BCUT2D eigenvalue weighted by atomic mass is 79.9. The van der Waals surface area contributed by atoms with Crippen LogP contribution in [-0.4, -0.2) is 9.97 Å². The Balaban J connectivity index is 2.20. The van der Waals surface area contributed by atoms with Gasteiger partial charge in [0.05, 0.1) is 11.0 Å². The zero-order valence-electron chi connectivity index (χ0n) is 9.37. The smallest absolute Gasteiger partial charge is 0.138 e. The summed E-state index contributed by atoms with van der Waals surface area (Å²) in [5.74, 6) is 0.927. The van der Waals surface area contributed by atoms with Crippen LogP contribution < -0.4 is 0 Å². The van der Waals surface area contributed by atoms with Gasteiger partial charge in [0.1, 0.15) is 5.82 Å². The van der Waals surface area contributed by atoms with E-state index in [4.69, 9.17) is 0 Å². The molecule has 1 aromatic heterocycles. The van der Waals surface area contributed by atoms with Gasteiger partial charge < -0.3 is 4.98 Å². The SMILES string of the molecule is Cc1cc(Br)ccc1-c1nc2ccccc2[nH]1. The van der Waals surface area contributed by atoms with Crippen molar-refractivity contribution in [1.29, 1.82) is 0 Å². The van der Waals surface area contributed by atoms with Crippen LogP contribution in [0.1, 0.15) is 5.56 Å². The number of aromatic nitrogens is 2. The minimum absolute atomic E-state index is 0.927. The van der Waals surface area contributed by atoms with Crippen LogP contribution in [0.25, 0.3) is 22.4 Å². The van der Waals surface area contributed by atoms with Gasteiger partial charge in [-0.15, -0.1) is 0 Å². The Morgan fingerprint density at radius 2 is 1.94 bits per heavy atom. The number of H-pyrrole nitrogens is 1. The van der Waals surface area contributed by atoms with Crippen LogP contribution in [0.3, 0.4) is 0 Å². The van der Waals surface area contributed by atoms with Gasteiger partial charge in [0.15, 0.2) is 0 Å². The fourth-order valence-corrected chi connectivity index (χ4v) is 2.45. The first-order valence-electron chi connectivity index (χ1n) is 5.45. The highest BCUT2D eigenvalue weighted by molar-refractivity contribution is 9.10. The van der Waals surface area contributed by atoms with Crippen molar-refractivity contribution < 1.29 is 0 Å². The highest BCUT2D eigenvalue weighted by Crippen LogP contribution is 2.25. The number of hydrogen-bond donors (Lipinski definition) is 1. The summed E-state index contributed by atoms with van der Waals surface area (Å²) in [7, 11) is 0. The predicted molar refractivity (Wildman–Crippen MR) is 74.0 cm³/mol. The zero-order chi connectivity index (χ0) is 11.8. The van der Waals surface area contributed by atoms with Crippen molar-refractivity contribution in [3.63, 3.8) is 0 Å². The fourth-order valence-electron chi connectivity index (χ4n) is 1.97. The van der Waals surface area contributed by atoms with E-state index in [0.717, 1.165) is 26.9 Å². The topological polar surface area (TPSA) is 28.7 Å². The lowest BCUT2D eigenvalue weighted by molar-refractivity contribution is 1.30. The van der Waals surface area contributed by atoms with Gasteiger partial charge in [-0.05, 0) is 42.8 Å². The molecular formula is C14H11BrN2. The summed E-state index contributed by atoms with van der Waals surface area (Å²) >= 11 is 3.47. The number of rotatable bonds is 1. The van der Waals surface area contributed by atoms with E-state index in [2.05, 4.69) is 45.0 Å². The molecule has 0 aliphatic heterocycles. The van der Waals surface area contributed by atoms with Crippen LogP contribution in [0, 0.1) is 6.92 Å². The number of nitrogens with zero attached hydrogens (tertiary/aromatic N) is 1. The van der Waals surface area contributed by atoms with Crippen molar-refractivity contribution in [2.75, 3.05) is 0 Å². The molecule has 3 rings (SSSR count). The van der Waals surface area contributed by atoms with Crippen molar-refractivity contribution in [1.82, 2.24) is 9.97 Å². The van der Waals surface area contributed by atoms with Gasteiger partial charge in [-0.3, -0.25) is 0 Å². The van der Waals surface area contributed by atoms with Crippen LogP contribution in [0.2, 0.25) is 0 Å². The van der Waals surface area contributed by atoms with Gasteiger partial charge in [0, 0.05) is 10.0 Å². The first-order chi connectivity index (χ1) is 8.24. The minimum Gasteiger partial charge on any atom is -0.338 e. The minimum atomic E-state index is 0.927. The number of benzene rings is 2. The molecule has 0 spiro atoms. The molecule has 0 unspecified atom stereocenters. The number of fused-ring (bicyclic) bond motifs is 1. The number of aryl methyl sites for hydroxylation is 1. The second-order valence-electron chi connectivity index (χ2n) is 4.06. The predicted octanol–water partition coefficient (Wildman–Crippen LogP) is 4.30. The Bertz CT molecular complexity index is 653. The van der Waals surface area contributed by atoms with E-state index in [-0.39, 0.29) is 0 Å². The Morgan fingerprint density at radius 1 is 1.12 bits per heavy atom. The molecular weight excluding hydrogens is 276 g/mol. The third-order valence-electron chi connectivity index (χ3n) is 2.83. The standard InChI is InChI=1S/C14H11BrN2/c1-9-8-10(15)6-7-11(9)14-16-12-4-2-3-5-13(12)17-14/h2-8H,1H3,(H,16,17). The number of halogens is 1. The molecule has 0 bridgehead atoms. The van der Waals surface area contributed by atoms with Crippen LogP contribution in [-0.2, 0) is 0 Å². The van der Waals surface area contributed by atoms with E-state index in [1.165, 1.54) is 5.56 Å². The second kappa shape index (κ2) is 4.00. The third kappa shape index (κ3) is 1.87. The van der Waals surface area contributed by atoms with Crippen molar-refractivity contribution in [3.05, 3.63) is 52.5 Å². The lowest BCUT2D eigenvalue weighted by atomic mass is 10.1. The molecule has 1 N–H and O–H groups in total. The van der Waals surface area contributed by atoms with Gasteiger partial charge in [-0.2, -0.15) is 0 Å². The summed E-state index contributed by atoms with van der Waals surface area (Å²) in [5.41, 5.74) is 4.43. The van der Waals surface area contributed by atoms with Crippen LogP contribution in [0.15, 0.2) is 46.9 Å². The molecule has 0 saturated heterocycles. The molecule has 0 amide bonds. The first-order valence-corrected chi connectivity index (χ1v) is 6.24. The maximum Gasteiger partial charge on any atom is 0.138 e. The molecule has 0 radical (unpaired) electrons. The Hall–Kier alpha value is -1.61. The maximum atomic E-state index is 4.60. The first kappa shape index (κ1) is 10.5. The molecule has 0 fully saturated rings. The largest absolute Gasteiger partial charge is 0.338 e. The van der Waals surface area contributed by atoms with Gasteiger partial charge in [0.25, 0.3) is 0 Å². The lowest BCUT2D eigenvalue weighted by Crippen LogP contribution is -1.85. The van der Waals surface area contributed by atoms with E-state index in [1.807, 2.05) is 30.3 Å². The van der Waals surface area contributed by atoms with Gasteiger partial charge in [-0.1, -0.05) is 28.1 Å². The molecule has 2 nitrogen and oxygen atoms in total. The molecule has 0 aliphatic carbocycles. The van der Waals surface area contributed by atoms with Crippen molar-refractivity contribution in [2.24, 2.45) is 0 Å². The number of para-hydroxylation sites is 2. The van der Waals surface area contributed by atoms with Crippen LogP contribution in [0.5, 0.6) is 0 Å². The number of hydrogen-bond acceptors (Lipinski definition) is 1. The molecule has 3 aromatic rings. The molecule has 2 aromatic carbocycles. The van der Waals surface area contributed by atoms with Crippen molar-refractivity contribution >= 4 is 27.0 Å². The molecule has 17 heavy (non-hydrogen) atoms. The summed E-state index contributed by atoms with van der Waals surface area (Å²) in [6.45, 7) is 2.09. The third-order valence-corrected chi connectivity index (χ3v) is 3.33. The van der Waals surface area contributed by atoms with Gasteiger partial charge >= 0.3 is 0 Å². The van der Waals surface area contributed by atoms with E-state index in [1.54, 1.807) is 0 Å². The number of aromatic amines is 1. The average Bonchev–Trinajstić information content (AvgIpc) is 2.72.